The number of hydrogen-bond donors (Lipinski definition) is 2. The molecule has 52 valence electrons. The van der Waals surface area contributed by atoms with E-state index in [1.165, 1.54) is 12.4 Å². The fraction of sp³-hybridized carbons (Fsp3) is 0.200. The molecule has 0 saturated heterocycles. The van der Waals surface area contributed by atoms with Crippen LogP contribution in [0.4, 0.5) is 0 Å². The number of amidine groups is 1. The number of aliphatic imine (C=N–C) groups is 1. The van der Waals surface area contributed by atoms with Gasteiger partial charge in [-0.1, -0.05) is 0 Å². The Morgan fingerprint density at radius 1 is 1.80 bits per heavy atom. The highest BCUT2D eigenvalue weighted by Gasteiger charge is 2.11. The average Bonchev–Trinajstić information content (AvgIpc) is 2.05. The minimum atomic E-state index is -0.456. The molecule has 0 aromatic carbocycles. The molecule has 0 spiro atoms. The first kappa shape index (κ1) is 6.60. The lowest BCUT2D eigenvalue weighted by atomic mass is 10.3. The number of nitrogens with one attached hydrogen (secondary N) is 2. The van der Waals surface area contributed by atoms with Crippen LogP contribution in [-0.2, 0) is 0 Å². The molecular weight excluding hydrogens is 132 g/mol. The van der Waals surface area contributed by atoms with Crippen molar-refractivity contribution in [2.75, 3.05) is 0 Å². The molecule has 0 saturated carbocycles. The van der Waals surface area contributed by atoms with Gasteiger partial charge in [0.15, 0.2) is 5.84 Å². The molecule has 1 heterocycles. The average molecular weight is 138 g/mol. The highest BCUT2D eigenvalue weighted by Crippen LogP contribution is 1.90. The Kier molecular flexibility index (Phi) is 1.89. The second kappa shape index (κ2) is 2.86. The zero-order chi connectivity index (χ0) is 7.40. The summed E-state index contributed by atoms with van der Waals surface area (Å²) < 4.78 is 0. The van der Waals surface area contributed by atoms with Gasteiger partial charge in [-0.3, -0.25) is 10.4 Å². The van der Waals surface area contributed by atoms with E-state index in [9.17, 15) is 4.91 Å². The number of rotatable bonds is 1. The van der Waals surface area contributed by atoms with Gasteiger partial charge in [-0.2, -0.15) is 0 Å². The van der Waals surface area contributed by atoms with Gasteiger partial charge in [0, 0.05) is 18.6 Å². The predicted molar refractivity (Wildman–Crippen MR) is 38.1 cm³/mol. The van der Waals surface area contributed by atoms with Crippen LogP contribution >= 0.6 is 0 Å². The van der Waals surface area contributed by atoms with Crippen LogP contribution in [0.2, 0.25) is 0 Å². The van der Waals surface area contributed by atoms with Gasteiger partial charge < -0.3 is 5.32 Å². The molecule has 0 bridgehead atoms. The molecule has 0 aliphatic carbocycles. The number of hydrogen-bond acceptors (Lipinski definition) is 4. The van der Waals surface area contributed by atoms with Crippen molar-refractivity contribution in [3.8, 4) is 0 Å². The minimum absolute atomic E-state index is 0.256. The van der Waals surface area contributed by atoms with Gasteiger partial charge in [-0.15, -0.1) is 4.91 Å². The maximum atomic E-state index is 9.80. The normalized spacial score (nSPS) is 21.8. The van der Waals surface area contributed by atoms with Gasteiger partial charge >= 0.3 is 0 Å². The molecule has 5 nitrogen and oxygen atoms in total. The molecule has 0 radical (unpaired) electrons. The first-order valence-electron chi connectivity index (χ1n) is 2.71. The summed E-state index contributed by atoms with van der Waals surface area (Å²) in [5, 5.41) is 12.1. The third-order valence-electron chi connectivity index (χ3n) is 1.06. The van der Waals surface area contributed by atoms with E-state index in [1.807, 2.05) is 0 Å². The smallest absolute Gasteiger partial charge is 0.193 e. The molecule has 0 amide bonds. The van der Waals surface area contributed by atoms with Crippen LogP contribution in [0.15, 0.2) is 22.6 Å². The lowest BCUT2D eigenvalue weighted by Crippen LogP contribution is -2.34. The summed E-state index contributed by atoms with van der Waals surface area (Å²) in [4.78, 5) is 13.5. The zero-order valence-corrected chi connectivity index (χ0v) is 5.11. The van der Waals surface area contributed by atoms with Gasteiger partial charge in [0.25, 0.3) is 0 Å². The lowest BCUT2D eigenvalue weighted by Gasteiger charge is -2.09. The Bertz CT molecular complexity index is 208. The van der Waals surface area contributed by atoms with Crippen LogP contribution in [0.3, 0.4) is 0 Å². The van der Waals surface area contributed by atoms with E-state index < -0.39 is 6.04 Å². The van der Waals surface area contributed by atoms with Crippen LogP contribution < -0.4 is 5.32 Å². The first-order valence-corrected chi connectivity index (χ1v) is 2.71. The summed E-state index contributed by atoms with van der Waals surface area (Å²) in [5.74, 6) is -0.256. The Labute approximate surface area is 57.3 Å². The molecule has 1 rings (SSSR count). The van der Waals surface area contributed by atoms with Crippen molar-refractivity contribution in [1.29, 1.82) is 5.41 Å². The van der Waals surface area contributed by atoms with E-state index in [1.54, 1.807) is 6.20 Å². The van der Waals surface area contributed by atoms with Crippen molar-refractivity contribution < 1.29 is 0 Å². The molecule has 0 aromatic heterocycles. The predicted octanol–water partition coefficient (Wildman–Crippen LogP) is 0.244. The van der Waals surface area contributed by atoms with E-state index in [0.717, 1.165) is 0 Å². The molecule has 0 aromatic rings. The molecule has 0 fully saturated rings. The van der Waals surface area contributed by atoms with Crippen molar-refractivity contribution in [3.05, 3.63) is 17.3 Å². The van der Waals surface area contributed by atoms with Crippen molar-refractivity contribution in [2.45, 2.75) is 6.04 Å². The molecule has 1 atom stereocenters. The van der Waals surface area contributed by atoms with E-state index in [-0.39, 0.29) is 5.84 Å². The summed E-state index contributed by atoms with van der Waals surface area (Å²) in [6, 6.07) is -0.456. The van der Waals surface area contributed by atoms with Crippen LogP contribution in [-0.4, -0.2) is 18.1 Å². The lowest BCUT2D eigenvalue weighted by molar-refractivity contribution is 0.892. The fourth-order valence-electron chi connectivity index (χ4n) is 0.575. The van der Waals surface area contributed by atoms with Crippen molar-refractivity contribution in [1.82, 2.24) is 5.32 Å². The summed E-state index contributed by atoms with van der Waals surface area (Å²) in [5.41, 5.74) is 0. The van der Waals surface area contributed by atoms with Crippen molar-refractivity contribution in [2.24, 2.45) is 10.2 Å². The Hall–Kier alpha value is -1.52. The van der Waals surface area contributed by atoms with Crippen molar-refractivity contribution in [3.63, 3.8) is 0 Å². The van der Waals surface area contributed by atoms with E-state index >= 15 is 0 Å². The third kappa shape index (κ3) is 1.25. The molecule has 2 N–H and O–H groups in total. The maximum Gasteiger partial charge on any atom is 0.193 e. The van der Waals surface area contributed by atoms with Crippen LogP contribution in [0.5, 0.6) is 0 Å². The van der Waals surface area contributed by atoms with Gasteiger partial charge in [-0.05, 0) is 5.18 Å². The summed E-state index contributed by atoms with van der Waals surface area (Å²) >= 11 is 0. The number of nitroso groups, excluding NO2 is 1. The minimum Gasteiger partial charge on any atom is -0.375 e. The topological polar surface area (TPSA) is 77.7 Å². The molecule has 10 heavy (non-hydrogen) atoms. The summed E-state index contributed by atoms with van der Waals surface area (Å²) in [6.07, 6.45) is 4.54. The Morgan fingerprint density at radius 3 is 3.10 bits per heavy atom. The van der Waals surface area contributed by atoms with E-state index in [4.69, 9.17) is 5.41 Å². The molecule has 0 unspecified atom stereocenters. The van der Waals surface area contributed by atoms with Crippen LogP contribution in [0.25, 0.3) is 0 Å². The quantitative estimate of drug-likeness (QED) is 0.309. The zero-order valence-electron chi connectivity index (χ0n) is 5.11. The van der Waals surface area contributed by atoms with Gasteiger partial charge in [-0.25, -0.2) is 0 Å². The SMILES string of the molecule is N=C(N=O)[C@H]1C=NC=CN1. The van der Waals surface area contributed by atoms with Gasteiger partial charge in [0.1, 0.15) is 6.04 Å². The van der Waals surface area contributed by atoms with E-state index in [0.29, 0.717) is 0 Å². The molecule has 5 heteroatoms. The highest BCUT2D eigenvalue weighted by atomic mass is 16.3. The molecular formula is C5H6N4O. The Morgan fingerprint density at radius 2 is 2.60 bits per heavy atom. The summed E-state index contributed by atoms with van der Waals surface area (Å²) in [6.45, 7) is 0. The van der Waals surface area contributed by atoms with Crippen LogP contribution in [0, 0.1) is 10.3 Å². The second-order valence-corrected chi connectivity index (χ2v) is 1.73. The third-order valence-corrected chi connectivity index (χ3v) is 1.06. The van der Waals surface area contributed by atoms with Crippen molar-refractivity contribution >= 4 is 12.1 Å². The number of nitrogens with zero attached hydrogens (tertiary/aromatic N) is 2. The van der Waals surface area contributed by atoms with Crippen LogP contribution in [0.1, 0.15) is 0 Å². The largest absolute Gasteiger partial charge is 0.375 e. The first-order chi connectivity index (χ1) is 4.84. The fourth-order valence-corrected chi connectivity index (χ4v) is 0.575. The molecule has 1 aliphatic heterocycles. The van der Waals surface area contributed by atoms with Gasteiger partial charge in [0.2, 0.25) is 0 Å². The highest BCUT2D eigenvalue weighted by molar-refractivity contribution is 6.00. The Balaban J connectivity index is 2.59. The monoisotopic (exact) mass is 138 g/mol. The standard InChI is InChI=1S/C5H6N4O/c6-5(9-10)4-3-7-1-2-8-4/h1-4,6,8H/t4-/m1/s1. The maximum absolute atomic E-state index is 9.80. The second-order valence-electron chi connectivity index (χ2n) is 1.73. The molecule has 1 aliphatic rings. The summed E-state index contributed by atoms with van der Waals surface area (Å²) in [7, 11) is 0. The van der Waals surface area contributed by atoms with E-state index in [2.05, 4.69) is 15.5 Å². The van der Waals surface area contributed by atoms with Gasteiger partial charge in [0.05, 0.1) is 0 Å².